The SMILES string of the molecule is CCNCC1CCN(c2cc(C)ncc2OC)CC1. The number of hydrogen-bond donors (Lipinski definition) is 1. The van der Waals surface area contributed by atoms with E-state index in [-0.39, 0.29) is 0 Å². The molecule has 106 valence electrons. The van der Waals surface area contributed by atoms with E-state index in [1.165, 1.54) is 18.5 Å². The Balaban J connectivity index is 1.99. The lowest BCUT2D eigenvalue weighted by molar-refractivity contribution is 0.378. The molecule has 1 fully saturated rings. The van der Waals surface area contributed by atoms with Gasteiger partial charge in [0.2, 0.25) is 0 Å². The molecule has 0 amide bonds. The van der Waals surface area contributed by atoms with Gasteiger partial charge in [-0.25, -0.2) is 0 Å². The zero-order valence-corrected chi connectivity index (χ0v) is 12.3. The summed E-state index contributed by atoms with van der Waals surface area (Å²) in [5, 5.41) is 3.45. The molecular weight excluding hydrogens is 238 g/mol. The second kappa shape index (κ2) is 6.75. The smallest absolute Gasteiger partial charge is 0.160 e. The maximum absolute atomic E-state index is 5.43. The molecular formula is C15H25N3O. The number of pyridine rings is 1. The third-order valence-corrected chi connectivity index (χ3v) is 3.84. The Hall–Kier alpha value is -1.29. The minimum Gasteiger partial charge on any atom is -0.493 e. The van der Waals surface area contributed by atoms with Crippen LogP contribution in [0.4, 0.5) is 5.69 Å². The first-order valence-corrected chi connectivity index (χ1v) is 7.21. The lowest BCUT2D eigenvalue weighted by atomic mass is 9.96. The largest absolute Gasteiger partial charge is 0.493 e. The standard InChI is InChI=1S/C15H25N3O/c1-4-16-10-13-5-7-18(8-6-13)14-9-12(2)17-11-15(14)19-3/h9,11,13,16H,4-8,10H2,1-3H3. The molecule has 1 aromatic heterocycles. The van der Waals surface area contributed by atoms with Crippen molar-refractivity contribution in [1.82, 2.24) is 10.3 Å². The number of anilines is 1. The fourth-order valence-electron chi connectivity index (χ4n) is 2.66. The maximum atomic E-state index is 5.43. The topological polar surface area (TPSA) is 37.4 Å². The van der Waals surface area contributed by atoms with E-state index in [0.717, 1.165) is 43.5 Å². The number of piperidine rings is 1. The van der Waals surface area contributed by atoms with E-state index >= 15 is 0 Å². The number of rotatable bonds is 5. The van der Waals surface area contributed by atoms with Crippen molar-refractivity contribution in [2.75, 3.05) is 38.2 Å². The molecule has 0 bridgehead atoms. The Morgan fingerprint density at radius 1 is 1.42 bits per heavy atom. The first-order valence-electron chi connectivity index (χ1n) is 7.21. The molecule has 0 saturated carbocycles. The molecule has 4 heteroatoms. The second-order valence-corrected chi connectivity index (χ2v) is 5.24. The van der Waals surface area contributed by atoms with Gasteiger partial charge in [-0.2, -0.15) is 0 Å². The zero-order valence-electron chi connectivity index (χ0n) is 12.3. The van der Waals surface area contributed by atoms with Crippen LogP contribution in [0.5, 0.6) is 5.75 Å². The molecule has 0 aliphatic carbocycles. The number of aryl methyl sites for hydroxylation is 1. The summed E-state index contributed by atoms with van der Waals surface area (Å²) in [5.41, 5.74) is 2.24. The van der Waals surface area contributed by atoms with E-state index in [1.807, 2.05) is 13.1 Å². The van der Waals surface area contributed by atoms with E-state index in [9.17, 15) is 0 Å². The second-order valence-electron chi connectivity index (χ2n) is 5.24. The molecule has 2 rings (SSSR count). The quantitative estimate of drug-likeness (QED) is 0.884. The Morgan fingerprint density at radius 3 is 2.79 bits per heavy atom. The first kappa shape index (κ1) is 14.1. The highest BCUT2D eigenvalue weighted by molar-refractivity contribution is 5.58. The fraction of sp³-hybridized carbons (Fsp3) is 0.667. The van der Waals surface area contributed by atoms with Gasteiger partial charge in [-0.15, -0.1) is 0 Å². The van der Waals surface area contributed by atoms with Crippen molar-refractivity contribution in [1.29, 1.82) is 0 Å². The summed E-state index contributed by atoms with van der Waals surface area (Å²) in [6.45, 7) is 8.63. The monoisotopic (exact) mass is 263 g/mol. The molecule has 0 unspecified atom stereocenters. The molecule has 0 aromatic carbocycles. The van der Waals surface area contributed by atoms with Gasteiger partial charge < -0.3 is 15.0 Å². The Morgan fingerprint density at radius 2 is 2.16 bits per heavy atom. The number of aromatic nitrogens is 1. The summed E-state index contributed by atoms with van der Waals surface area (Å²) < 4.78 is 5.43. The van der Waals surface area contributed by atoms with Crippen LogP contribution in [-0.4, -0.2) is 38.3 Å². The van der Waals surface area contributed by atoms with Crippen molar-refractivity contribution < 1.29 is 4.74 Å². The molecule has 0 spiro atoms. The van der Waals surface area contributed by atoms with Gasteiger partial charge >= 0.3 is 0 Å². The molecule has 1 aliphatic rings. The lowest BCUT2D eigenvalue weighted by Gasteiger charge is -2.34. The van der Waals surface area contributed by atoms with Crippen LogP contribution in [-0.2, 0) is 0 Å². The predicted octanol–water partition coefficient (Wildman–Crippen LogP) is 2.22. The summed E-state index contributed by atoms with van der Waals surface area (Å²) in [4.78, 5) is 6.73. The van der Waals surface area contributed by atoms with E-state index < -0.39 is 0 Å². The Kier molecular flexibility index (Phi) is 5.02. The van der Waals surface area contributed by atoms with E-state index in [1.54, 1.807) is 7.11 Å². The van der Waals surface area contributed by atoms with Crippen LogP contribution in [0.1, 0.15) is 25.5 Å². The molecule has 1 aliphatic heterocycles. The highest BCUT2D eigenvalue weighted by Crippen LogP contribution is 2.31. The van der Waals surface area contributed by atoms with Crippen LogP contribution in [0, 0.1) is 12.8 Å². The van der Waals surface area contributed by atoms with Crippen LogP contribution in [0.2, 0.25) is 0 Å². The fourth-order valence-corrected chi connectivity index (χ4v) is 2.66. The van der Waals surface area contributed by atoms with Gasteiger partial charge in [0.05, 0.1) is 19.0 Å². The van der Waals surface area contributed by atoms with E-state index in [2.05, 4.69) is 28.2 Å². The van der Waals surface area contributed by atoms with Crippen LogP contribution >= 0.6 is 0 Å². The Labute approximate surface area is 116 Å². The minimum atomic E-state index is 0.810. The molecule has 0 atom stereocenters. The van der Waals surface area contributed by atoms with Gasteiger partial charge in [0, 0.05) is 18.8 Å². The number of nitrogens with zero attached hydrogens (tertiary/aromatic N) is 2. The normalized spacial score (nSPS) is 16.7. The summed E-state index contributed by atoms with van der Waals surface area (Å²) in [6.07, 6.45) is 4.32. The van der Waals surface area contributed by atoms with Crippen LogP contribution in [0.15, 0.2) is 12.3 Å². The average Bonchev–Trinajstić information content (AvgIpc) is 2.45. The van der Waals surface area contributed by atoms with E-state index in [0.29, 0.717) is 0 Å². The maximum Gasteiger partial charge on any atom is 0.160 e. The molecule has 0 radical (unpaired) electrons. The van der Waals surface area contributed by atoms with Gasteiger partial charge in [-0.1, -0.05) is 6.92 Å². The van der Waals surface area contributed by atoms with E-state index in [4.69, 9.17) is 4.74 Å². The summed E-state index contributed by atoms with van der Waals surface area (Å²) in [7, 11) is 1.72. The van der Waals surface area contributed by atoms with Gasteiger partial charge in [0.15, 0.2) is 5.75 Å². The first-order chi connectivity index (χ1) is 9.24. The molecule has 1 aromatic rings. The van der Waals surface area contributed by atoms with Gasteiger partial charge in [0.1, 0.15) is 0 Å². The lowest BCUT2D eigenvalue weighted by Crippen LogP contribution is -2.37. The highest BCUT2D eigenvalue weighted by atomic mass is 16.5. The van der Waals surface area contributed by atoms with Crippen LogP contribution in [0.3, 0.4) is 0 Å². The molecule has 19 heavy (non-hydrogen) atoms. The highest BCUT2D eigenvalue weighted by Gasteiger charge is 2.21. The van der Waals surface area contributed by atoms with Crippen molar-refractivity contribution in [3.8, 4) is 5.75 Å². The van der Waals surface area contributed by atoms with Crippen molar-refractivity contribution >= 4 is 5.69 Å². The molecule has 1 saturated heterocycles. The van der Waals surface area contributed by atoms with Gasteiger partial charge in [-0.05, 0) is 44.8 Å². The number of ether oxygens (including phenoxy) is 1. The van der Waals surface area contributed by atoms with Crippen LogP contribution < -0.4 is 15.0 Å². The third kappa shape index (κ3) is 3.60. The predicted molar refractivity (Wildman–Crippen MR) is 79.0 cm³/mol. The average molecular weight is 263 g/mol. The summed E-state index contributed by atoms with van der Waals surface area (Å²) in [6, 6.07) is 2.13. The number of hydrogen-bond acceptors (Lipinski definition) is 4. The van der Waals surface area contributed by atoms with Gasteiger partial charge in [0.25, 0.3) is 0 Å². The third-order valence-electron chi connectivity index (χ3n) is 3.84. The summed E-state index contributed by atoms with van der Waals surface area (Å²) >= 11 is 0. The minimum absolute atomic E-state index is 0.810. The zero-order chi connectivity index (χ0) is 13.7. The number of nitrogens with one attached hydrogen (secondary N) is 1. The van der Waals surface area contributed by atoms with Crippen molar-refractivity contribution in [2.45, 2.75) is 26.7 Å². The summed E-state index contributed by atoms with van der Waals surface area (Å²) in [5.74, 6) is 1.70. The van der Waals surface area contributed by atoms with Crippen LogP contribution in [0.25, 0.3) is 0 Å². The van der Waals surface area contributed by atoms with Gasteiger partial charge in [-0.3, -0.25) is 4.98 Å². The molecule has 4 nitrogen and oxygen atoms in total. The van der Waals surface area contributed by atoms with Crippen molar-refractivity contribution in [2.24, 2.45) is 5.92 Å². The van der Waals surface area contributed by atoms with Crippen molar-refractivity contribution in [3.05, 3.63) is 18.0 Å². The Bertz CT molecular complexity index is 400. The molecule has 1 N–H and O–H groups in total. The molecule has 2 heterocycles. The number of methoxy groups -OCH3 is 1. The van der Waals surface area contributed by atoms with Crippen molar-refractivity contribution in [3.63, 3.8) is 0 Å².